The average Bonchev–Trinajstić information content (AvgIpc) is 3.27. The number of carbonyl (C=O) groups is 2. The Hall–Kier alpha value is -2.02. The van der Waals surface area contributed by atoms with Crippen molar-refractivity contribution in [2.24, 2.45) is 13.0 Å². The summed E-state index contributed by atoms with van der Waals surface area (Å²) in [6.07, 6.45) is 1.86. The molecule has 0 bridgehead atoms. The number of carbonyl (C=O) groups excluding carboxylic acids is 1. The van der Waals surface area contributed by atoms with Crippen LogP contribution in [0, 0.1) is 12.8 Å². The molecule has 0 aromatic carbocycles. The number of aromatic nitrogens is 1. The Labute approximate surface area is 148 Å². The van der Waals surface area contributed by atoms with Gasteiger partial charge in [-0.2, -0.15) is 0 Å². The maximum Gasteiger partial charge on any atom is 0.407 e. The second-order valence-electron chi connectivity index (χ2n) is 7.71. The molecule has 25 heavy (non-hydrogen) atoms. The van der Waals surface area contributed by atoms with Gasteiger partial charge in [-0.15, -0.1) is 0 Å². The molecule has 1 atom stereocenters. The Kier molecular flexibility index (Phi) is 5.77. The number of carboxylic acid groups (broad SMARTS) is 1. The number of nitrogens with one attached hydrogen (secondary N) is 2. The van der Waals surface area contributed by atoms with E-state index in [4.69, 9.17) is 4.74 Å². The van der Waals surface area contributed by atoms with Gasteiger partial charge in [-0.1, -0.05) is 0 Å². The molecular formula is C18H29N3O4. The summed E-state index contributed by atoms with van der Waals surface area (Å²) in [5.41, 5.74) is 1.46. The van der Waals surface area contributed by atoms with Gasteiger partial charge in [0, 0.05) is 37.6 Å². The highest BCUT2D eigenvalue weighted by atomic mass is 16.6. The summed E-state index contributed by atoms with van der Waals surface area (Å²) in [6, 6.07) is 1.85. The summed E-state index contributed by atoms with van der Waals surface area (Å²) in [4.78, 5) is 23.1. The molecular weight excluding hydrogens is 322 g/mol. The Bertz CT molecular complexity index is 641. The van der Waals surface area contributed by atoms with Crippen LogP contribution in [0.5, 0.6) is 0 Å². The van der Waals surface area contributed by atoms with Crippen molar-refractivity contribution in [1.82, 2.24) is 15.2 Å². The zero-order chi connectivity index (χ0) is 18.8. The van der Waals surface area contributed by atoms with E-state index in [1.165, 1.54) is 0 Å². The molecule has 1 aromatic heterocycles. The van der Waals surface area contributed by atoms with Crippen molar-refractivity contribution in [3.63, 3.8) is 0 Å². The molecule has 1 amide bonds. The van der Waals surface area contributed by atoms with Crippen LogP contribution in [0.25, 0.3) is 0 Å². The molecule has 1 fully saturated rings. The van der Waals surface area contributed by atoms with Gasteiger partial charge in [0.1, 0.15) is 5.60 Å². The van der Waals surface area contributed by atoms with E-state index >= 15 is 0 Å². The third-order valence-electron chi connectivity index (χ3n) is 4.47. The van der Waals surface area contributed by atoms with Crippen molar-refractivity contribution in [1.29, 1.82) is 0 Å². The monoisotopic (exact) mass is 351 g/mol. The first kappa shape index (κ1) is 19.3. The van der Waals surface area contributed by atoms with E-state index in [2.05, 4.69) is 10.6 Å². The quantitative estimate of drug-likeness (QED) is 0.702. The number of nitrogens with zero attached hydrogens (tertiary/aromatic N) is 1. The van der Waals surface area contributed by atoms with Crippen molar-refractivity contribution in [2.75, 3.05) is 6.54 Å². The normalized spacial score (nSPS) is 15.7. The second kappa shape index (κ2) is 7.47. The molecule has 1 unspecified atom stereocenters. The van der Waals surface area contributed by atoms with Gasteiger partial charge in [-0.3, -0.25) is 0 Å². The van der Waals surface area contributed by atoms with Crippen molar-refractivity contribution < 1.29 is 19.4 Å². The summed E-state index contributed by atoms with van der Waals surface area (Å²) in [5, 5.41) is 15.5. The molecule has 1 heterocycles. The molecule has 1 aromatic rings. The van der Waals surface area contributed by atoms with Crippen LogP contribution < -0.4 is 10.6 Å². The van der Waals surface area contributed by atoms with Gasteiger partial charge in [-0.25, -0.2) is 9.59 Å². The number of alkyl carbamates (subject to hydrolysis) is 1. The molecule has 7 heteroatoms. The van der Waals surface area contributed by atoms with Gasteiger partial charge in [0.25, 0.3) is 0 Å². The van der Waals surface area contributed by atoms with Crippen molar-refractivity contribution in [3.8, 4) is 0 Å². The Balaban J connectivity index is 1.91. The summed E-state index contributed by atoms with van der Waals surface area (Å²) in [7, 11) is 1.86. The smallest absolute Gasteiger partial charge is 0.407 e. The Morgan fingerprint density at radius 3 is 2.52 bits per heavy atom. The highest BCUT2D eigenvalue weighted by Gasteiger charge is 2.31. The van der Waals surface area contributed by atoms with Gasteiger partial charge in [0.2, 0.25) is 0 Å². The van der Waals surface area contributed by atoms with Crippen LogP contribution in [-0.2, 0) is 18.3 Å². The molecule has 7 nitrogen and oxygen atoms in total. The number of aromatic carboxylic acids is 1. The minimum atomic E-state index is -0.912. The summed E-state index contributed by atoms with van der Waals surface area (Å²) < 4.78 is 7.16. The predicted octanol–water partition coefficient (Wildman–Crippen LogP) is 2.42. The summed E-state index contributed by atoms with van der Waals surface area (Å²) in [6.45, 7) is 8.36. The van der Waals surface area contributed by atoms with E-state index in [0.717, 1.165) is 24.2 Å². The topological polar surface area (TPSA) is 92.6 Å². The van der Waals surface area contributed by atoms with Crippen LogP contribution in [0.2, 0.25) is 0 Å². The van der Waals surface area contributed by atoms with Crippen LogP contribution in [-0.4, -0.2) is 39.9 Å². The van der Waals surface area contributed by atoms with Gasteiger partial charge >= 0.3 is 12.1 Å². The fourth-order valence-corrected chi connectivity index (χ4v) is 2.80. The van der Waals surface area contributed by atoms with Crippen LogP contribution in [0.3, 0.4) is 0 Å². The zero-order valence-corrected chi connectivity index (χ0v) is 15.7. The van der Waals surface area contributed by atoms with Crippen molar-refractivity contribution in [2.45, 2.75) is 58.7 Å². The van der Waals surface area contributed by atoms with Gasteiger partial charge < -0.3 is 25.0 Å². The molecule has 1 aliphatic carbocycles. The highest BCUT2D eigenvalue weighted by molar-refractivity contribution is 5.89. The molecule has 0 aliphatic heterocycles. The van der Waals surface area contributed by atoms with Crippen LogP contribution >= 0.6 is 0 Å². The highest BCUT2D eigenvalue weighted by Crippen LogP contribution is 2.32. The fourth-order valence-electron chi connectivity index (χ4n) is 2.80. The summed E-state index contributed by atoms with van der Waals surface area (Å²) in [5.74, 6) is -0.375. The maximum atomic E-state index is 11.8. The maximum absolute atomic E-state index is 11.8. The first-order chi connectivity index (χ1) is 11.6. The predicted molar refractivity (Wildman–Crippen MR) is 94.7 cm³/mol. The lowest BCUT2D eigenvalue weighted by Gasteiger charge is -2.22. The largest absolute Gasteiger partial charge is 0.478 e. The molecule has 1 aliphatic rings. The number of amides is 1. The van der Waals surface area contributed by atoms with E-state index in [0.29, 0.717) is 24.6 Å². The van der Waals surface area contributed by atoms with Gasteiger partial charge in [0.15, 0.2) is 0 Å². The lowest BCUT2D eigenvalue weighted by Crippen LogP contribution is -2.43. The van der Waals surface area contributed by atoms with Crippen LogP contribution in [0.4, 0.5) is 4.79 Å². The van der Waals surface area contributed by atoms with Crippen molar-refractivity contribution in [3.05, 3.63) is 23.0 Å². The average molecular weight is 351 g/mol. The zero-order valence-electron chi connectivity index (χ0n) is 15.7. The molecule has 2 rings (SSSR count). The van der Waals surface area contributed by atoms with E-state index in [1.54, 1.807) is 13.0 Å². The first-order valence-corrected chi connectivity index (χ1v) is 8.67. The van der Waals surface area contributed by atoms with Crippen molar-refractivity contribution >= 4 is 12.1 Å². The first-order valence-electron chi connectivity index (χ1n) is 8.67. The SMILES string of the molecule is Cc1c(C(=O)O)cc(CNC(CNC(=O)OC(C)(C)C)C2CC2)n1C. The number of rotatable bonds is 7. The standard InChI is InChI=1S/C18H29N3O4/c1-11-14(16(22)23)8-13(21(11)5)9-19-15(12-6-7-12)10-20-17(24)25-18(2,3)4/h8,12,15,19H,6-7,9-10H2,1-5H3,(H,20,24)(H,22,23). The number of ether oxygens (including phenoxy) is 1. The third kappa shape index (κ3) is 5.49. The number of carboxylic acids is 1. The van der Waals surface area contributed by atoms with Gasteiger partial charge in [0.05, 0.1) is 5.56 Å². The molecule has 0 spiro atoms. The molecule has 0 saturated heterocycles. The number of hydrogen-bond donors (Lipinski definition) is 3. The molecule has 140 valence electrons. The molecule has 3 N–H and O–H groups in total. The second-order valence-corrected chi connectivity index (χ2v) is 7.71. The van der Waals surface area contributed by atoms with E-state index in [-0.39, 0.29) is 6.04 Å². The lowest BCUT2D eigenvalue weighted by atomic mass is 10.1. The fraction of sp³-hybridized carbons (Fsp3) is 0.667. The summed E-state index contributed by atoms with van der Waals surface area (Å²) >= 11 is 0. The van der Waals surface area contributed by atoms with Crippen LogP contribution in [0.15, 0.2) is 6.07 Å². The molecule has 0 radical (unpaired) electrons. The van der Waals surface area contributed by atoms with Crippen LogP contribution in [0.1, 0.15) is 55.4 Å². The number of hydrogen-bond acceptors (Lipinski definition) is 4. The van der Waals surface area contributed by atoms with E-state index in [1.807, 2.05) is 32.4 Å². The van der Waals surface area contributed by atoms with Gasteiger partial charge in [-0.05, 0) is 52.5 Å². The lowest BCUT2D eigenvalue weighted by molar-refractivity contribution is 0.0520. The third-order valence-corrected chi connectivity index (χ3v) is 4.47. The Morgan fingerprint density at radius 1 is 1.40 bits per heavy atom. The minimum absolute atomic E-state index is 0.149. The Morgan fingerprint density at radius 2 is 2.04 bits per heavy atom. The molecule has 1 saturated carbocycles. The minimum Gasteiger partial charge on any atom is -0.478 e. The van der Waals surface area contributed by atoms with E-state index < -0.39 is 17.7 Å². The van der Waals surface area contributed by atoms with E-state index in [9.17, 15) is 14.7 Å².